The largest absolute Gasteiger partial charge is 0.490 e. The van der Waals surface area contributed by atoms with Crippen molar-refractivity contribution in [2.24, 2.45) is 0 Å². The Balaban J connectivity index is 1.55. The van der Waals surface area contributed by atoms with Crippen LogP contribution in [0.1, 0.15) is 35.4 Å². The standard InChI is InChI=1S/C20H26N4O2/c1-13-5-4-6-17(11-13)26-16-7-9-24(10-8-16)19(25)12-18-14(2)22-20(21)23-15(18)3/h4-6,11,16H,7-10,12H2,1-3H3,(H2,21,22,23). The minimum Gasteiger partial charge on any atom is -0.490 e. The molecular formula is C20H26N4O2. The van der Waals surface area contributed by atoms with Crippen LogP contribution in [0, 0.1) is 20.8 Å². The van der Waals surface area contributed by atoms with E-state index in [1.807, 2.05) is 36.9 Å². The molecule has 1 saturated heterocycles. The second kappa shape index (κ2) is 7.72. The number of carbonyl (C=O) groups is 1. The maximum Gasteiger partial charge on any atom is 0.227 e. The average Bonchev–Trinajstić information content (AvgIpc) is 2.58. The van der Waals surface area contributed by atoms with Crippen LogP contribution in [0.25, 0.3) is 0 Å². The Kier molecular flexibility index (Phi) is 5.40. The Morgan fingerprint density at radius 2 is 1.85 bits per heavy atom. The Labute approximate surface area is 154 Å². The SMILES string of the molecule is Cc1cccc(OC2CCN(C(=O)Cc3c(C)nc(N)nc3C)CC2)c1. The van der Waals surface area contributed by atoms with E-state index >= 15 is 0 Å². The van der Waals surface area contributed by atoms with Gasteiger partial charge in [0.05, 0.1) is 6.42 Å². The molecule has 2 aromatic rings. The molecule has 0 aliphatic carbocycles. The molecule has 1 fully saturated rings. The van der Waals surface area contributed by atoms with Crippen molar-refractivity contribution in [3.8, 4) is 5.75 Å². The lowest BCUT2D eigenvalue weighted by atomic mass is 10.0. The number of likely N-dealkylation sites (tertiary alicyclic amines) is 1. The number of benzene rings is 1. The van der Waals surface area contributed by atoms with Crippen molar-refractivity contribution in [3.63, 3.8) is 0 Å². The first-order chi connectivity index (χ1) is 12.4. The van der Waals surface area contributed by atoms with Gasteiger partial charge in [-0.3, -0.25) is 4.79 Å². The maximum atomic E-state index is 12.7. The fourth-order valence-electron chi connectivity index (χ4n) is 3.39. The van der Waals surface area contributed by atoms with E-state index in [2.05, 4.69) is 23.0 Å². The van der Waals surface area contributed by atoms with Crippen LogP contribution in [-0.4, -0.2) is 40.0 Å². The molecule has 26 heavy (non-hydrogen) atoms. The molecule has 1 aliphatic heterocycles. The molecule has 6 heteroatoms. The highest BCUT2D eigenvalue weighted by Gasteiger charge is 2.25. The second-order valence-corrected chi connectivity index (χ2v) is 6.92. The first-order valence-electron chi connectivity index (χ1n) is 9.03. The normalized spacial score (nSPS) is 15.1. The molecule has 2 heterocycles. The predicted octanol–water partition coefficient (Wildman–Crippen LogP) is 2.60. The molecule has 1 aliphatic rings. The van der Waals surface area contributed by atoms with E-state index in [1.165, 1.54) is 5.56 Å². The van der Waals surface area contributed by atoms with Crippen molar-refractivity contribution < 1.29 is 9.53 Å². The summed E-state index contributed by atoms with van der Waals surface area (Å²) in [6.45, 7) is 7.22. The van der Waals surface area contributed by atoms with Crippen molar-refractivity contribution in [1.29, 1.82) is 0 Å². The summed E-state index contributed by atoms with van der Waals surface area (Å²) >= 11 is 0. The molecule has 2 N–H and O–H groups in total. The molecule has 6 nitrogen and oxygen atoms in total. The summed E-state index contributed by atoms with van der Waals surface area (Å²) in [5.41, 5.74) is 9.28. The number of amides is 1. The molecule has 0 saturated carbocycles. The first kappa shape index (κ1) is 18.2. The summed E-state index contributed by atoms with van der Waals surface area (Å²) in [5, 5.41) is 0. The minimum absolute atomic E-state index is 0.110. The quantitative estimate of drug-likeness (QED) is 0.913. The molecule has 0 bridgehead atoms. The van der Waals surface area contributed by atoms with E-state index in [0.29, 0.717) is 19.5 Å². The monoisotopic (exact) mass is 354 g/mol. The first-order valence-corrected chi connectivity index (χ1v) is 9.03. The van der Waals surface area contributed by atoms with Gasteiger partial charge in [0, 0.05) is 42.9 Å². The number of aromatic nitrogens is 2. The fourth-order valence-corrected chi connectivity index (χ4v) is 3.39. The van der Waals surface area contributed by atoms with Gasteiger partial charge in [-0.15, -0.1) is 0 Å². The molecule has 1 aromatic heterocycles. The molecule has 0 radical (unpaired) electrons. The van der Waals surface area contributed by atoms with E-state index in [1.54, 1.807) is 0 Å². The lowest BCUT2D eigenvalue weighted by Gasteiger charge is -2.32. The van der Waals surface area contributed by atoms with Crippen LogP contribution in [0.3, 0.4) is 0 Å². The van der Waals surface area contributed by atoms with Crippen molar-refractivity contribution >= 4 is 11.9 Å². The summed E-state index contributed by atoms with van der Waals surface area (Å²) in [6.07, 6.45) is 2.16. The molecule has 0 spiro atoms. The van der Waals surface area contributed by atoms with Gasteiger partial charge in [0.25, 0.3) is 0 Å². The van der Waals surface area contributed by atoms with Crippen LogP contribution in [-0.2, 0) is 11.2 Å². The zero-order chi connectivity index (χ0) is 18.7. The summed E-state index contributed by atoms with van der Waals surface area (Å²) in [6, 6.07) is 8.09. The van der Waals surface area contributed by atoms with E-state index in [4.69, 9.17) is 10.5 Å². The number of hydrogen-bond acceptors (Lipinski definition) is 5. The summed E-state index contributed by atoms with van der Waals surface area (Å²) < 4.78 is 6.06. The van der Waals surface area contributed by atoms with E-state index in [0.717, 1.165) is 35.5 Å². The van der Waals surface area contributed by atoms with Crippen LogP contribution in [0.4, 0.5) is 5.95 Å². The van der Waals surface area contributed by atoms with Crippen LogP contribution in [0.5, 0.6) is 5.75 Å². The zero-order valence-corrected chi connectivity index (χ0v) is 15.7. The lowest BCUT2D eigenvalue weighted by Crippen LogP contribution is -2.42. The molecule has 0 unspecified atom stereocenters. The van der Waals surface area contributed by atoms with E-state index in [-0.39, 0.29) is 18.0 Å². The van der Waals surface area contributed by atoms with Gasteiger partial charge < -0.3 is 15.4 Å². The van der Waals surface area contributed by atoms with Gasteiger partial charge in [-0.05, 0) is 38.5 Å². The van der Waals surface area contributed by atoms with E-state index < -0.39 is 0 Å². The Morgan fingerprint density at radius 3 is 2.46 bits per heavy atom. The molecular weight excluding hydrogens is 328 g/mol. The third-order valence-electron chi connectivity index (χ3n) is 4.85. The number of ether oxygens (including phenoxy) is 1. The van der Waals surface area contributed by atoms with Crippen LogP contribution in [0.15, 0.2) is 24.3 Å². The number of nitrogen functional groups attached to an aromatic ring is 1. The van der Waals surface area contributed by atoms with Crippen molar-refractivity contribution in [1.82, 2.24) is 14.9 Å². The highest BCUT2D eigenvalue weighted by atomic mass is 16.5. The fraction of sp³-hybridized carbons (Fsp3) is 0.450. The average molecular weight is 354 g/mol. The predicted molar refractivity (Wildman–Crippen MR) is 101 cm³/mol. The van der Waals surface area contributed by atoms with Gasteiger partial charge >= 0.3 is 0 Å². The number of aryl methyl sites for hydroxylation is 3. The summed E-state index contributed by atoms with van der Waals surface area (Å²) in [5.74, 6) is 1.27. The van der Waals surface area contributed by atoms with Gasteiger partial charge in [0.15, 0.2) is 0 Å². The third kappa shape index (κ3) is 4.31. The number of rotatable bonds is 4. The Hall–Kier alpha value is -2.63. The number of hydrogen-bond donors (Lipinski definition) is 1. The second-order valence-electron chi connectivity index (χ2n) is 6.92. The highest BCUT2D eigenvalue weighted by molar-refractivity contribution is 5.79. The highest BCUT2D eigenvalue weighted by Crippen LogP contribution is 2.21. The topological polar surface area (TPSA) is 81.3 Å². The van der Waals surface area contributed by atoms with Gasteiger partial charge in [-0.1, -0.05) is 12.1 Å². The number of nitrogens with zero attached hydrogens (tertiary/aromatic N) is 3. The van der Waals surface area contributed by atoms with Crippen LogP contribution in [0.2, 0.25) is 0 Å². The smallest absolute Gasteiger partial charge is 0.227 e. The Morgan fingerprint density at radius 1 is 1.19 bits per heavy atom. The van der Waals surface area contributed by atoms with Crippen molar-refractivity contribution in [2.45, 2.75) is 46.1 Å². The van der Waals surface area contributed by atoms with Gasteiger partial charge in [-0.2, -0.15) is 0 Å². The van der Waals surface area contributed by atoms with Gasteiger partial charge in [-0.25, -0.2) is 9.97 Å². The number of nitrogens with two attached hydrogens (primary N) is 1. The number of anilines is 1. The zero-order valence-electron chi connectivity index (χ0n) is 15.7. The molecule has 1 amide bonds. The van der Waals surface area contributed by atoms with Crippen molar-refractivity contribution in [3.05, 3.63) is 46.8 Å². The molecule has 138 valence electrons. The van der Waals surface area contributed by atoms with Crippen LogP contribution < -0.4 is 10.5 Å². The third-order valence-corrected chi connectivity index (χ3v) is 4.85. The molecule has 3 rings (SSSR count). The van der Waals surface area contributed by atoms with Crippen molar-refractivity contribution in [2.75, 3.05) is 18.8 Å². The molecule has 1 aromatic carbocycles. The van der Waals surface area contributed by atoms with E-state index in [9.17, 15) is 4.79 Å². The summed E-state index contributed by atoms with van der Waals surface area (Å²) in [7, 11) is 0. The molecule has 0 atom stereocenters. The summed E-state index contributed by atoms with van der Waals surface area (Å²) in [4.78, 5) is 22.9. The minimum atomic E-state index is 0.110. The van der Waals surface area contributed by atoms with Crippen LogP contribution >= 0.6 is 0 Å². The Bertz CT molecular complexity index is 775. The van der Waals surface area contributed by atoms with Gasteiger partial charge in [0.2, 0.25) is 11.9 Å². The number of piperidine rings is 1. The number of carbonyl (C=O) groups excluding carboxylic acids is 1. The van der Waals surface area contributed by atoms with Gasteiger partial charge in [0.1, 0.15) is 11.9 Å². The lowest BCUT2D eigenvalue weighted by molar-refractivity contribution is -0.132. The maximum absolute atomic E-state index is 12.7.